The topological polar surface area (TPSA) is 136 Å². The van der Waals surface area contributed by atoms with Crippen molar-refractivity contribution in [3.63, 3.8) is 0 Å². The number of carbonyl (C=O) groups excluding carboxylic acids is 2. The summed E-state index contributed by atoms with van der Waals surface area (Å²) >= 11 is 1.21. The Balaban J connectivity index is 1.60. The Bertz CT molecular complexity index is 1210. The van der Waals surface area contributed by atoms with Crippen LogP contribution < -0.4 is 15.8 Å². The summed E-state index contributed by atoms with van der Waals surface area (Å²) in [5.74, 6) is -0.474. The van der Waals surface area contributed by atoms with Gasteiger partial charge in [-0.1, -0.05) is 6.92 Å². The van der Waals surface area contributed by atoms with E-state index in [0.29, 0.717) is 39.5 Å². The van der Waals surface area contributed by atoms with Gasteiger partial charge in [0.25, 0.3) is 11.8 Å². The van der Waals surface area contributed by atoms with Crippen LogP contribution in [0.3, 0.4) is 0 Å². The number of nitrogens with one attached hydrogen (secondary N) is 1. The first kappa shape index (κ1) is 24.9. The predicted molar refractivity (Wildman–Crippen MR) is 129 cm³/mol. The summed E-state index contributed by atoms with van der Waals surface area (Å²) in [7, 11) is 0. The third-order valence-electron chi connectivity index (χ3n) is 5.48. The molecule has 3 rings (SSSR count). The molecule has 2 heterocycles. The molecule has 2 amide bonds. The quantitative estimate of drug-likeness (QED) is 0.454. The zero-order valence-electron chi connectivity index (χ0n) is 19.7. The molecule has 0 radical (unpaired) electrons. The second-order valence-corrected chi connectivity index (χ2v) is 9.23. The second kappa shape index (κ2) is 10.9. The van der Waals surface area contributed by atoms with Crippen molar-refractivity contribution in [3.8, 4) is 17.6 Å². The van der Waals surface area contributed by atoms with Gasteiger partial charge in [-0.2, -0.15) is 10.4 Å². The molecule has 34 heavy (non-hydrogen) atoms. The van der Waals surface area contributed by atoms with Crippen LogP contribution in [0.1, 0.15) is 69.4 Å². The van der Waals surface area contributed by atoms with Crippen molar-refractivity contribution in [2.24, 2.45) is 5.73 Å². The molecule has 2 aromatic heterocycles. The lowest BCUT2D eigenvalue weighted by atomic mass is 10.1. The van der Waals surface area contributed by atoms with Gasteiger partial charge in [0, 0.05) is 6.04 Å². The van der Waals surface area contributed by atoms with Gasteiger partial charge in [-0.25, -0.2) is 9.67 Å². The lowest BCUT2D eigenvalue weighted by molar-refractivity contribution is 0.0925. The SMILES string of the molecule is CC[C@@H](CC[C@H](C)Oc1nc(C)sc1C(N)=O)NC(=O)c1cnn(-c2ccc(C#N)cc2)c1C. The molecule has 0 unspecified atom stereocenters. The zero-order valence-corrected chi connectivity index (χ0v) is 20.5. The van der Waals surface area contributed by atoms with Crippen molar-refractivity contribution in [3.05, 3.63) is 57.2 Å². The Hall–Kier alpha value is -3.71. The van der Waals surface area contributed by atoms with Crippen LogP contribution in [0.2, 0.25) is 0 Å². The number of rotatable bonds is 10. The molecule has 3 aromatic rings. The lowest BCUT2D eigenvalue weighted by Crippen LogP contribution is -2.35. The number of primary amides is 1. The third-order valence-corrected chi connectivity index (χ3v) is 6.45. The van der Waals surface area contributed by atoms with Crippen LogP contribution in [-0.4, -0.2) is 38.7 Å². The summed E-state index contributed by atoms with van der Waals surface area (Å²) in [6.07, 6.45) is 3.46. The van der Waals surface area contributed by atoms with Gasteiger partial charge in [0.05, 0.1) is 45.9 Å². The summed E-state index contributed by atoms with van der Waals surface area (Å²) in [6.45, 7) is 7.55. The molecule has 9 nitrogen and oxygen atoms in total. The van der Waals surface area contributed by atoms with Gasteiger partial charge in [0.15, 0.2) is 4.88 Å². The average Bonchev–Trinajstić information content (AvgIpc) is 3.38. The maximum atomic E-state index is 12.9. The Labute approximate surface area is 202 Å². The standard InChI is InChI=1S/C24H28N6O3S/c1-5-18(9-6-14(2)33-24-21(22(26)31)34-16(4)28-24)29-23(32)20-13-27-30(15(20)3)19-10-7-17(12-25)8-11-19/h7-8,10-11,13-14,18H,5-6,9H2,1-4H3,(H2,26,31)(H,29,32)/t14-,18-/m0/s1. The molecule has 2 atom stereocenters. The van der Waals surface area contributed by atoms with Crippen molar-refractivity contribution in [1.29, 1.82) is 5.26 Å². The molecule has 0 aliphatic heterocycles. The number of carbonyl (C=O) groups is 2. The van der Waals surface area contributed by atoms with Crippen molar-refractivity contribution in [2.45, 2.75) is 59.1 Å². The van der Waals surface area contributed by atoms with Crippen molar-refractivity contribution >= 4 is 23.2 Å². The number of ether oxygens (including phenoxy) is 1. The summed E-state index contributed by atoms with van der Waals surface area (Å²) in [5, 5.41) is 17.1. The van der Waals surface area contributed by atoms with Crippen LogP contribution in [-0.2, 0) is 0 Å². The normalized spacial score (nSPS) is 12.6. The minimum Gasteiger partial charge on any atom is -0.473 e. The predicted octanol–water partition coefficient (Wildman–Crippen LogP) is 3.67. The average molecular weight is 481 g/mol. The molecule has 0 saturated carbocycles. The second-order valence-electron chi connectivity index (χ2n) is 8.03. The highest BCUT2D eigenvalue weighted by Crippen LogP contribution is 2.26. The molecule has 0 bridgehead atoms. The van der Waals surface area contributed by atoms with E-state index in [-0.39, 0.29) is 23.9 Å². The Morgan fingerprint density at radius 3 is 2.59 bits per heavy atom. The fraction of sp³-hybridized carbons (Fsp3) is 0.375. The smallest absolute Gasteiger partial charge is 0.264 e. The first-order valence-corrected chi connectivity index (χ1v) is 11.8. The first-order valence-electron chi connectivity index (χ1n) is 11.0. The van der Waals surface area contributed by atoms with Crippen molar-refractivity contribution in [2.75, 3.05) is 0 Å². The number of benzene rings is 1. The van der Waals surface area contributed by atoms with E-state index in [2.05, 4.69) is 21.5 Å². The lowest BCUT2D eigenvalue weighted by Gasteiger charge is -2.20. The third kappa shape index (κ3) is 5.80. The monoisotopic (exact) mass is 480 g/mol. The highest BCUT2D eigenvalue weighted by molar-refractivity contribution is 7.13. The van der Waals surface area contributed by atoms with Crippen LogP contribution in [0.4, 0.5) is 0 Å². The van der Waals surface area contributed by atoms with E-state index in [9.17, 15) is 9.59 Å². The van der Waals surface area contributed by atoms with E-state index in [4.69, 9.17) is 15.7 Å². The van der Waals surface area contributed by atoms with Crippen LogP contribution >= 0.6 is 11.3 Å². The number of nitriles is 1. The molecule has 0 saturated heterocycles. The van der Waals surface area contributed by atoms with Gasteiger partial charge in [0.1, 0.15) is 0 Å². The van der Waals surface area contributed by atoms with Gasteiger partial charge >= 0.3 is 0 Å². The van der Waals surface area contributed by atoms with E-state index < -0.39 is 5.91 Å². The summed E-state index contributed by atoms with van der Waals surface area (Å²) in [4.78, 5) is 29.1. The zero-order chi connectivity index (χ0) is 24.8. The van der Waals surface area contributed by atoms with Crippen LogP contribution in [0.5, 0.6) is 5.88 Å². The number of aromatic nitrogens is 3. The largest absolute Gasteiger partial charge is 0.473 e. The van der Waals surface area contributed by atoms with Gasteiger partial charge in [-0.05, 0) is 64.3 Å². The minimum absolute atomic E-state index is 0.0519. The number of hydrogen-bond donors (Lipinski definition) is 2. The summed E-state index contributed by atoms with van der Waals surface area (Å²) in [6, 6.07) is 9.06. The number of aryl methyl sites for hydroxylation is 1. The molecule has 10 heteroatoms. The molecule has 178 valence electrons. The fourth-order valence-corrected chi connectivity index (χ4v) is 4.25. The molecule has 0 aliphatic rings. The van der Waals surface area contributed by atoms with Crippen LogP contribution in [0.15, 0.2) is 30.5 Å². The number of hydrogen-bond acceptors (Lipinski definition) is 7. The van der Waals surface area contributed by atoms with Crippen molar-refractivity contribution in [1.82, 2.24) is 20.1 Å². The number of nitrogens with two attached hydrogens (primary N) is 1. The first-order chi connectivity index (χ1) is 16.2. The van der Waals surface area contributed by atoms with Gasteiger partial charge < -0.3 is 15.8 Å². The maximum absolute atomic E-state index is 12.9. The molecular formula is C24H28N6O3S. The fourth-order valence-electron chi connectivity index (χ4n) is 3.54. The van der Waals surface area contributed by atoms with E-state index in [1.54, 1.807) is 42.1 Å². The molecule has 0 aliphatic carbocycles. The van der Waals surface area contributed by atoms with E-state index in [1.165, 1.54) is 11.3 Å². The number of thiazole rings is 1. The highest BCUT2D eigenvalue weighted by Gasteiger charge is 2.21. The molecule has 3 N–H and O–H groups in total. The van der Waals surface area contributed by atoms with E-state index in [0.717, 1.165) is 12.1 Å². The van der Waals surface area contributed by atoms with Gasteiger partial charge in [0.2, 0.25) is 5.88 Å². The molecular weight excluding hydrogens is 452 g/mol. The van der Waals surface area contributed by atoms with Crippen molar-refractivity contribution < 1.29 is 14.3 Å². The summed E-state index contributed by atoms with van der Waals surface area (Å²) < 4.78 is 7.53. The van der Waals surface area contributed by atoms with Crippen LogP contribution in [0.25, 0.3) is 5.69 Å². The summed E-state index contributed by atoms with van der Waals surface area (Å²) in [5.41, 5.74) is 7.96. The van der Waals surface area contributed by atoms with Crippen LogP contribution in [0, 0.1) is 25.2 Å². The van der Waals surface area contributed by atoms with E-state index in [1.807, 2.05) is 20.8 Å². The molecule has 0 fully saturated rings. The molecule has 0 spiro atoms. The Morgan fingerprint density at radius 2 is 1.97 bits per heavy atom. The number of nitrogens with zero attached hydrogens (tertiary/aromatic N) is 4. The number of amides is 2. The Kier molecular flexibility index (Phi) is 8.02. The maximum Gasteiger partial charge on any atom is 0.264 e. The minimum atomic E-state index is -0.552. The van der Waals surface area contributed by atoms with E-state index >= 15 is 0 Å². The van der Waals surface area contributed by atoms with Gasteiger partial charge in [-0.3, -0.25) is 9.59 Å². The highest BCUT2D eigenvalue weighted by atomic mass is 32.1. The van der Waals surface area contributed by atoms with Gasteiger partial charge in [-0.15, -0.1) is 11.3 Å². The Morgan fingerprint density at radius 1 is 1.26 bits per heavy atom. The molecule has 1 aromatic carbocycles.